The third-order valence-electron chi connectivity index (χ3n) is 8.02. The number of urea groups is 1. The lowest BCUT2D eigenvalue weighted by Crippen LogP contribution is -2.52. The van der Waals surface area contributed by atoms with Gasteiger partial charge in [0.25, 0.3) is 5.91 Å². The lowest BCUT2D eigenvalue weighted by atomic mass is 9.98. The number of nitrogens with one attached hydrogen (secondary N) is 1. The molecule has 1 saturated heterocycles. The Morgan fingerprint density at radius 3 is 2.16 bits per heavy atom. The maximum Gasteiger partial charge on any atom is 0.328 e. The summed E-state index contributed by atoms with van der Waals surface area (Å²) in [6, 6.07) is 22.3. The number of carbonyl (C=O) groups excluding carboxylic acids is 3. The highest BCUT2D eigenvalue weighted by molar-refractivity contribution is 6.09. The third-order valence-corrected chi connectivity index (χ3v) is 8.02. The van der Waals surface area contributed by atoms with Gasteiger partial charge < -0.3 is 15.3 Å². The van der Waals surface area contributed by atoms with Crippen molar-refractivity contribution in [3.63, 3.8) is 0 Å². The monoisotopic (exact) mass is 595 g/mol. The smallest absolute Gasteiger partial charge is 0.328 e. The molecule has 0 aromatic heterocycles. The van der Waals surface area contributed by atoms with E-state index in [1.807, 2.05) is 56.3 Å². The molecule has 0 radical (unpaired) electrons. The fraction of sp³-hybridized carbons (Fsp3) is 0.333. The van der Waals surface area contributed by atoms with Crippen LogP contribution in [0.3, 0.4) is 0 Å². The summed E-state index contributed by atoms with van der Waals surface area (Å²) in [7, 11) is 0. The molecule has 2 N–H and O–H groups in total. The molecule has 1 fully saturated rings. The van der Waals surface area contributed by atoms with Gasteiger partial charge >= 0.3 is 12.0 Å². The second-order valence-electron chi connectivity index (χ2n) is 12.2. The summed E-state index contributed by atoms with van der Waals surface area (Å²) in [6.07, 6.45) is 4.00. The van der Waals surface area contributed by atoms with E-state index in [1.54, 1.807) is 44.2 Å². The van der Waals surface area contributed by atoms with E-state index in [9.17, 15) is 24.3 Å². The van der Waals surface area contributed by atoms with Crippen molar-refractivity contribution in [1.82, 2.24) is 15.1 Å². The van der Waals surface area contributed by atoms with E-state index < -0.39 is 41.4 Å². The lowest BCUT2D eigenvalue weighted by Gasteiger charge is -2.29. The van der Waals surface area contributed by atoms with Crippen LogP contribution in [0.15, 0.2) is 78.9 Å². The van der Waals surface area contributed by atoms with E-state index in [0.29, 0.717) is 5.56 Å². The largest absolute Gasteiger partial charge is 0.481 e. The van der Waals surface area contributed by atoms with Crippen LogP contribution in [-0.4, -0.2) is 50.3 Å². The summed E-state index contributed by atoms with van der Waals surface area (Å²) in [4.78, 5) is 55.6. The van der Waals surface area contributed by atoms with E-state index >= 15 is 0 Å². The molecule has 8 heteroatoms. The molecule has 4 rings (SSSR count). The number of hydrogen-bond donors (Lipinski definition) is 2. The molecular formula is C36H41N3O5. The number of nitrogens with zero attached hydrogens (tertiary/aromatic N) is 2. The van der Waals surface area contributed by atoms with Crippen LogP contribution in [0.5, 0.6) is 0 Å². The van der Waals surface area contributed by atoms with E-state index in [1.165, 1.54) is 10.5 Å². The molecule has 1 aliphatic heterocycles. The van der Waals surface area contributed by atoms with Crippen molar-refractivity contribution < 1.29 is 24.3 Å². The summed E-state index contributed by atoms with van der Waals surface area (Å²) >= 11 is 0. The summed E-state index contributed by atoms with van der Waals surface area (Å²) in [5, 5.41) is 12.3. The van der Waals surface area contributed by atoms with Crippen molar-refractivity contribution in [2.75, 3.05) is 0 Å². The molecule has 0 bridgehead atoms. The molecule has 0 spiro atoms. The van der Waals surface area contributed by atoms with Crippen LogP contribution < -0.4 is 5.32 Å². The van der Waals surface area contributed by atoms with Crippen molar-refractivity contribution in [3.8, 4) is 0 Å². The first-order chi connectivity index (χ1) is 20.9. The molecule has 3 aromatic rings. The van der Waals surface area contributed by atoms with Gasteiger partial charge in [-0.15, -0.1) is 0 Å². The van der Waals surface area contributed by atoms with Gasteiger partial charge in [-0.25, -0.2) is 9.69 Å². The minimum absolute atomic E-state index is 0.0153. The third kappa shape index (κ3) is 7.43. The fourth-order valence-corrected chi connectivity index (χ4v) is 5.44. The number of benzene rings is 3. The molecule has 3 aromatic carbocycles. The highest BCUT2D eigenvalue weighted by Crippen LogP contribution is 2.33. The number of imide groups is 1. The van der Waals surface area contributed by atoms with Crippen LogP contribution in [-0.2, 0) is 20.9 Å². The Bertz CT molecular complexity index is 1530. The van der Waals surface area contributed by atoms with Gasteiger partial charge in [0.05, 0.1) is 12.5 Å². The molecule has 8 nitrogen and oxygen atoms in total. The van der Waals surface area contributed by atoms with Crippen molar-refractivity contribution in [1.29, 1.82) is 0 Å². The molecule has 4 amide bonds. The number of carboxylic acids is 1. The first kappa shape index (κ1) is 32.2. The van der Waals surface area contributed by atoms with Crippen molar-refractivity contribution >= 4 is 36.0 Å². The van der Waals surface area contributed by atoms with Crippen LogP contribution >= 0.6 is 0 Å². The van der Waals surface area contributed by atoms with E-state index in [0.717, 1.165) is 21.6 Å². The number of aryl methyl sites for hydroxylation is 1. The van der Waals surface area contributed by atoms with Crippen LogP contribution in [0.4, 0.5) is 4.79 Å². The van der Waals surface area contributed by atoms with Gasteiger partial charge in [0.2, 0.25) is 5.91 Å². The fourth-order valence-electron chi connectivity index (χ4n) is 5.44. The lowest BCUT2D eigenvalue weighted by molar-refractivity contribution is -0.140. The quantitative estimate of drug-likeness (QED) is 0.185. The standard InChI is InChI=1S/C36H41N3O5/c1-24(2)21-31(33(42)37-30(22-32(40)41)29-13-7-6-8-14-29)39-34(43)36(4,5)38(35(39)44)23-27-17-15-26(16-18-27)19-20-28-12-10-9-11-25(28)3/h6-20,24,30-31H,21-23H2,1-5H3,(H,37,42)(H,40,41). The van der Waals surface area contributed by atoms with Gasteiger partial charge in [-0.3, -0.25) is 14.4 Å². The predicted octanol–water partition coefficient (Wildman–Crippen LogP) is 6.46. The molecular weight excluding hydrogens is 554 g/mol. The summed E-state index contributed by atoms with van der Waals surface area (Å²) in [6.45, 7) is 9.46. The minimum atomic E-state index is -1.18. The van der Waals surface area contributed by atoms with Crippen molar-refractivity contribution in [3.05, 3.63) is 107 Å². The predicted molar refractivity (Wildman–Crippen MR) is 171 cm³/mol. The Kier molecular flexibility index (Phi) is 10.0. The van der Waals surface area contributed by atoms with Crippen molar-refractivity contribution in [2.45, 2.75) is 71.6 Å². The van der Waals surface area contributed by atoms with Gasteiger partial charge in [-0.05, 0) is 60.9 Å². The van der Waals surface area contributed by atoms with Crippen molar-refractivity contribution in [2.24, 2.45) is 5.92 Å². The summed E-state index contributed by atoms with van der Waals surface area (Å²) in [5.74, 6) is -2.11. The molecule has 1 aliphatic rings. The molecule has 2 atom stereocenters. The zero-order chi connectivity index (χ0) is 32.0. The average Bonchev–Trinajstić information content (AvgIpc) is 3.14. The van der Waals surface area contributed by atoms with Crippen LogP contribution in [0.25, 0.3) is 12.2 Å². The summed E-state index contributed by atoms with van der Waals surface area (Å²) in [5.41, 5.74) is 3.62. The first-order valence-electron chi connectivity index (χ1n) is 14.9. The molecule has 44 heavy (non-hydrogen) atoms. The highest BCUT2D eigenvalue weighted by atomic mass is 16.4. The zero-order valence-electron chi connectivity index (χ0n) is 26.0. The number of carbonyl (C=O) groups is 4. The summed E-state index contributed by atoms with van der Waals surface area (Å²) < 4.78 is 0. The van der Waals surface area contributed by atoms with E-state index in [2.05, 4.69) is 30.4 Å². The molecule has 2 unspecified atom stereocenters. The van der Waals surface area contributed by atoms with Gasteiger partial charge in [0.1, 0.15) is 11.6 Å². The Morgan fingerprint density at radius 2 is 1.55 bits per heavy atom. The Balaban J connectivity index is 1.54. The van der Waals surface area contributed by atoms with Crippen LogP contribution in [0, 0.1) is 12.8 Å². The topological polar surface area (TPSA) is 107 Å². The van der Waals surface area contributed by atoms with Gasteiger partial charge in [0.15, 0.2) is 0 Å². The first-order valence-corrected chi connectivity index (χ1v) is 14.9. The molecule has 230 valence electrons. The van der Waals surface area contributed by atoms with Gasteiger partial charge in [-0.2, -0.15) is 0 Å². The number of hydrogen-bond acceptors (Lipinski definition) is 4. The Labute approximate surface area is 259 Å². The average molecular weight is 596 g/mol. The van der Waals surface area contributed by atoms with Gasteiger partial charge in [0, 0.05) is 6.54 Å². The number of aliphatic carboxylic acids is 1. The number of carboxylic acid groups (broad SMARTS) is 1. The van der Waals surface area contributed by atoms with E-state index in [-0.39, 0.29) is 25.3 Å². The maximum atomic E-state index is 13.9. The number of amides is 4. The second-order valence-corrected chi connectivity index (χ2v) is 12.2. The second kappa shape index (κ2) is 13.7. The Hall–Kier alpha value is -4.72. The highest BCUT2D eigenvalue weighted by Gasteiger charge is 2.54. The zero-order valence-corrected chi connectivity index (χ0v) is 26.0. The maximum absolute atomic E-state index is 13.9. The van der Waals surface area contributed by atoms with E-state index in [4.69, 9.17) is 0 Å². The molecule has 0 saturated carbocycles. The molecule has 1 heterocycles. The number of rotatable bonds is 12. The van der Waals surface area contributed by atoms with Crippen LogP contribution in [0.1, 0.15) is 74.4 Å². The van der Waals surface area contributed by atoms with Crippen LogP contribution in [0.2, 0.25) is 0 Å². The normalized spacial score (nSPS) is 16.0. The van der Waals surface area contributed by atoms with Gasteiger partial charge in [-0.1, -0.05) is 105 Å². The Morgan fingerprint density at radius 1 is 0.909 bits per heavy atom. The minimum Gasteiger partial charge on any atom is -0.481 e. The molecule has 0 aliphatic carbocycles. The SMILES string of the molecule is Cc1ccccc1C=Cc1ccc(CN2C(=O)N(C(CC(C)C)C(=O)NC(CC(=O)O)c3ccccc3)C(=O)C2(C)C)cc1.